The summed E-state index contributed by atoms with van der Waals surface area (Å²) >= 11 is 0. The summed E-state index contributed by atoms with van der Waals surface area (Å²) in [5.74, 6) is 0. The van der Waals surface area contributed by atoms with Gasteiger partial charge in [-0.15, -0.1) is 0 Å². The maximum Gasteiger partial charge on any atom is 0.321 e. The highest BCUT2D eigenvalue weighted by molar-refractivity contribution is 5.92. The first kappa shape index (κ1) is 11.5. The van der Waals surface area contributed by atoms with Crippen LogP contribution in [-0.4, -0.2) is 42.0 Å². The van der Waals surface area contributed by atoms with Gasteiger partial charge in [0.05, 0.1) is 17.9 Å². The zero-order valence-corrected chi connectivity index (χ0v) is 10.4. The van der Waals surface area contributed by atoms with Gasteiger partial charge in [0.1, 0.15) is 0 Å². The minimum absolute atomic E-state index is 0.00823. The SMILES string of the molecule is O=C1NCCCN1c1cnn(C2CCNCC2)c1. The van der Waals surface area contributed by atoms with E-state index >= 15 is 0 Å². The van der Waals surface area contributed by atoms with Gasteiger partial charge in [0.25, 0.3) is 0 Å². The van der Waals surface area contributed by atoms with E-state index in [1.54, 1.807) is 11.1 Å². The van der Waals surface area contributed by atoms with Gasteiger partial charge >= 0.3 is 6.03 Å². The molecule has 18 heavy (non-hydrogen) atoms. The largest absolute Gasteiger partial charge is 0.338 e. The molecule has 0 bridgehead atoms. The molecular weight excluding hydrogens is 230 g/mol. The van der Waals surface area contributed by atoms with Crippen molar-refractivity contribution in [3.8, 4) is 0 Å². The Morgan fingerprint density at radius 1 is 1.28 bits per heavy atom. The van der Waals surface area contributed by atoms with E-state index in [-0.39, 0.29) is 6.03 Å². The lowest BCUT2D eigenvalue weighted by Crippen LogP contribution is -2.46. The summed E-state index contributed by atoms with van der Waals surface area (Å²) < 4.78 is 2.01. The molecule has 0 saturated carbocycles. The van der Waals surface area contributed by atoms with E-state index in [0.29, 0.717) is 6.04 Å². The molecule has 6 heteroatoms. The van der Waals surface area contributed by atoms with Crippen LogP contribution in [0.4, 0.5) is 10.5 Å². The third-order valence-electron chi connectivity index (χ3n) is 3.66. The molecule has 1 aromatic rings. The summed E-state index contributed by atoms with van der Waals surface area (Å²) in [6, 6.07) is 0.457. The zero-order valence-electron chi connectivity index (χ0n) is 10.4. The van der Waals surface area contributed by atoms with Crippen molar-refractivity contribution in [2.24, 2.45) is 0 Å². The predicted octanol–water partition coefficient (Wildman–Crippen LogP) is 0.727. The highest BCUT2D eigenvalue weighted by Crippen LogP contribution is 2.22. The first-order valence-corrected chi connectivity index (χ1v) is 6.65. The maximum atomic E-state index is 11.7. The molecular formula is C12H19N5O. The van der Waals surface area contributed by atoms with Gasteiger partial charge in [0.2, 0.25) is 0 Å². The van der Waals surface area contributed by atoms with Crippen LogP contribution in [0.5, 0.6) is 0 Å². The van der Waals surface area contributed by atoms with Crippen LogP contribution in [0.25, 0.3) is 0 Å². The van der Waals surface area contributed by atoms with Crippen molar-refractivity contribution < 1.29 is 4.79 Å². The average Bonchev–Trinajstić information content (AvgIpc) is 2.90. The van der Waals surface area contributed by atoms with Crippen LogP contribution in [0.2, 0.25) is 0 Å². The number of carbonyl (C=O) groups is 1. The predicted molar refractivity (Wildman–Crippen MR) is 68.7 cm³/mol. The first-order chi connectivity index (χ1) is 8.84. The number of amides is 2. The lowest BCUT2D eigenvalue weighted by Gasteiger charge is -2.26. The molecule has 2 saturated heterocycles. The second-order valence-corrected chi connectivity index (χ2v) is 4.90. The molecule has 0 aliphatic carbocycles. The van der Waals surface area contributed by atoms with Gasteiger partial charge in [0, 0.05) is 19.3 Å². The van der Waals surface area contributed by atoms with Gasteiger partial charge < -0.3 is 10.6 Å². The summed E-state index contributed by atoms with van der Waals surface area (Å²) in [5.41, 5.74) is 0.908. The molecule has 0 atom stereocenters. The topological polar surface area (TPSA) is 62.2 Å². The summed E-state index contributed by atoms with van der Waals surface area (Å²) in [5, 5.41) is 10.6. The van der Waals surface area contributed by atoms with Crippen molar-refractivity contribution in [3.63, 3.8) is 0 Å². The second kappa shape index (κ2) is 4.97. The fourth-order valence-electron chi connectivity index (χ4n) is 2.61. The fourth-order valence-corrected chi connectivity index (χ4v) is 2.61. The van der Waals surface area contributed by atoms with E-state index in [1.165, 1.54) is 0 Å². The molecule has 0 radical (unpaired) electrons. The van der Waals surface area contributed by atoms with Crippen LogP contribution >= 0.6 is 0 Å². The Labute approximate surface area is 106 Å². The van der Waals surface area contributed by atoms with Gasteiger partial charge in [0.15, 0.2) is 0 Å². The van der Waals surface area contributed by atoms with Crippen molar-refractivity contribution in [2.75, 3.05) is 31.1 Å². The average molecular weight is 249 g/mol. The molecule has 3 heterocycles. The van der Waals surface area contributed by atoms with E-state index in [4.69, 9.17) is 0 Å². The van der Waals surface area contributed by atoms with Crippen molar-refractivity contribution >= 4 is 11.7 Å². The molecule has 2 N–H and O–H groups in total. The molecule has 0 spiro atoms. The quantitative estimate of drug-likeness (QED) is 0.812. The van der Waals surface area contributed by atoms with Crippen LogP contribution in [0.3, 0.4) is 0 Å². The Morgan fingerprint density at radius 2 is 2.11 bits per heavy atom. The number of aromatic nitrogens is 2. The molecule has 0 unspecified atom stereocenters. The summed E-state index contributed by atoms with van der Waals surface area (Å²) in [6.07, 6.45) is 7.00. The monoisotopic (exact) mass is 249 g/mol. The van der Waals surface area contributed by atoms with E-state index in [0.717, 1.165) is 51.1 Å². The zero-order chi connectivity index (χ0) is 12.4. The summed E-state index contributed by atoms with van der Waals surface area (Å²) in [6.45, 7) is 3.65. The molecule has 98 valence electrons. The molecule has 0 aromatic carbocycles. The van der Waals surface area contributed by atoms with E-state index in [1.807, 2.05) is 10.9 Å². The second-order valence-electron chi connectivity index (χ2n) is 4.90. The molecule has 2 aliphatic heterocycles. The lowest BCUT2D eigenvalue weighted by molar-refractivity contribution is 0.243. The van der Waals surface area contributed by atoms with Crippen LogP contribution in [-0.2, 0) is 0 Å². The highest BCUT2D eigenvalue weighted by Gasteiger charge is 2.22. The Kier molecular flexibility index (Phi) is 3.19. The van der Waals surface area contributed by atoms with Crippen LogP contribution in [0.1, 0.15) is 25.3 Å². The standard InChI is InChI=1S/C12H19N5O/c18-12-14-4-1-7-16(12)11-8-15-17(9-11)10-2-5-13-6-3-10/h8-10,13H,1-7H2,(H,14,18). The normalized spacial score (nSPS) is 22.0. The number of hydrogen-bond acceptors (Lipinski definition) is 3. The Balaban J connectivity index is 1.73. The molecule has 2 fully saturated rings. The summed E-state index contributed by atoms with van der Waals surface area (Å²) in [4.78, 5) is 13.5. The van der Waals surface area contributed by atoms with Gasteiger partial charge in [-0.05, 0) is 32.4 Å². The number of urea groups is 1. The number of rotatable bonds is 2. The fraction of sp³-hybridized carbons (Fsp3) is 0.667. The third-order valence-corrected chi connectivity index (χ3v) is 3.66. The van der Waals surface area contributed by atoms with Gasteiger partial charge in [-0.3, -0.25) is 9.58 Å². The van der Waals surface area contributed by atoms with E-state index in [2.05, 4.69) is 15.7 Å². The number of hydrogen-bond donors (Lipinski definition) is 2. The van der Waals surface area contributed by atoms with E-state index < -0.39 is 0 Å². The molecule has 6 nitrogen and oxygen atoms in total. The van der Waals surface area contributed by atoms with Crippen LogP contribution < -0.4 is 15.5 Å². The molecule has 1 aromatic heterocycles. The molecule has 2 aliphatic rings. The minimum Gasteiger partial charge on any atom is -0.338 e. The third kappa shape index (κ3) is 2.20. The van der Waals surface area contributed by atoms with Crippen molar-refractivity contribution in [1.29, 1.82) is 0 Å². The minimum atomic E-state index is -0.00823. The van der Waals surface area contributed by atoms with Gasteiger partial charge in [-0.2, -0.15) is 5.10 Å². The van der Waals surface area contributed by atoms with Crippen LogP contribution in [0, 0.1) is 0 Å². The summed E-state index contributed by atoms with van der Waals surface area (Å²) in [7, 11) is 0. The van der Waals surface area contributed by atoms with Crippen molar-refractivity contribution in [2.45, 2.75) is 25.3 Å². The number of anilines is 1. The Bertz CT molecular complexity index is 424. The van der Waals surface area contributed by atoms with Crippen LogP contribution in [0.15, 0.2) is 12.4 Å². The van der Waals surface area contributed by atoms with E-state index in [9.17, 15) is 4.79 Å². The van der Waals surface area contributed by atoms with Crippen molar-refractivity contribution in [1.82, 2.24) is 20.4 Å². The number of nitrogens with zero attached hydrogens (tertiary/aromatic N) is 3. The first-order valence-electron chi connectivity index (χ1n) is 6.65. The highest BCUT2D eigenvalue weighted by atomic mass is 16.2. The Hall–Kier alpha value is -1.56. The number of carbonyl (C=O) groups excluding carboxylic acids is 1. The number of nitrogens with one attached hydrogen (secondary N) is 2. The van der Waals surface area contributed by atoms with Gasteiger partial charge in [-0.25, -0.2) is 4.79 Å². The smallest absolute Gasteiger partial charge is 0.321 e. The molecule has 2 amide bonds. The maximum absolute atomic E-state index is 11.7. The Morgan fingerprint density at radius 3 is 2.89 bits per heavy atom. The van der Waals surface area contributed by atoms with Gasteiger partial charge in [-0.1, -0.05) is 0 Å². The molecule has 3 rings (SSSR count). The lowest BCUT2D eigenvalue weighted by atomic mass is 10.1. The van der Waals surface area contributed by atoms with Crippen molar-refractivity contribution in [3.05, 3.63) is 12.4 Å². The number of piperidine rings is 1.